The van der Waals surface area contributed by atoms with Gasteiger partial charge in [0.1, 0.15) is 0 Å². The van der Waals surface area contributed by atoms with Crippen LogP contribution in [-0.4, -0.2) is 13.2 Å². The molecule has 0 aromatic rings. The zero-order valence-corrected chi connectivity index (χ0v) is 9.01. The maximum absolute atomic E-state index is 5.61. The van der Waals surface area contributed by atoms with Gasteiger partial charge in [-0.1, -0.05) is 26.7 Å². The lowest BCUT2D eigenvalue weighted by Crippen LogP contribution is -2.25. The van der Waals surface area contributed by atoms with Gasteiger partial charge in [0.2, 0.25) is 0 Å². The van der Waals surface area contributed by atoms with Gasteiger partial charge < -0.3 is 4.74 Å². The normalized spacial score (nSPS) is 44.8. The van der Waals surface area contributed by atoms with E-state index in [-0.39, 0.29) is 0 Å². The molecule has 1 aliphatic carbocycles. The molecule has 1 saturated heterocycles. The Labute approximate surface area is 81.9 Å². The van der Waals surface area contributed by atoms with Crippen LogP contribution < -0.4 is 0 Å². The average Bonchev–Trinajstić information content (AvgIpc) is 2.74. The van der Waals surface area contributed by atoms with Gasteiger partial charge in [-0.15, -0.1) is 0 Å². The van der Waals surface area contributed by atoms with E-state index in [4.69, 9.17) is 4.74 Å². The summed E-state index contributed by atoms with van der Waals surface area (Å²) in [6.45, 7) is 6.77. The highest BCUT2D eigenvalue weighted by Gasteiger charge is 2.47. The molecule has 76 valence electrons. The lowest BCUT2D eigenvalue weighted by Gasteiger charge is -2.28. The van der Waals surface area contributed by atoms with Gasteiger partial charge in [0.15, 0.2) is 0 Å². The zero-order valence-electron chi connectivity index (χ0n) is 9.01. The van der Waals surface area contributed by atoms with E-state index in [1.165, 1.54) is 32.1 Å². The molecule has 2 aliphatic rings. The highest BCUT2D eigenvalue weighted by atomic mass is 16.5. The fraction of sp³-hybridized carbons (Fsp3) is 1.00. The number of hydrogen-bond donors (Lipinski definition) is 0. The summed E-state index contributed by atoms with van der Waals surface area (Å²) in [5.41, 5.74) is 0.607. The summed E-state index contributed by atoms with van der Waals surface area (Å²) < 4.78 is 5.61. The van der Waals surface area contributed by atoms with Gasteiger partial charge in [0.25, 0.3) is 0 Å². The fourth-order valence-electron chi connectivity index (χ4n) is 3.49. The molecule has 1 heteroatoms. The second-order valence-electron chi connectivity index (χ2n) is 4.98. The summed E-state index contributed by atoms with van der Waals surface area (Å²) in [4.78, 5) is 0. The Bertz CT molecular complexity index is 170. The Kier molecular flexibility index (Phi) is 2.64. The Morgan fingerprint density at radius 2 is 2.15 bits per heavy atom. The molecule has 13 heavy (non-hydrogen) atoms. The molecule has 0 amide bonds. The molecule has 0 aromatic heterocycles. The Hall–Kier alpha value is -0.0400. The quantitative estimate of drug-likeness (QED) is 0.637. The third-order valence-corrected chi connectivity index (χ3v) is 4.38. The van der Waals surface area contributed by atoms with Crippen LogP contribution in [0.25, 0.3) is 0 Å². The van der Waals surface area contributed by atoms with Crippen molar-refractivity contribution in [3.05, 3.63) is 0 Å². The van der Waals surface area contributed by atoms with Crippen LogP contribution in [0.1, 0.15) is 46.0 Å². The van der Waals surface area contributed by atoms with Gasteiger partial charge in [-0.2, -0.15) is 0 Å². The summed E-state index contributed by atoms with van der Waals surface area (Å²) >= 11 is 0. The molecule has 1 aliphatic heterocycles. The highest BCUT2D eigenvalue weighted by Crippen LogP contribution is 2.53. The van der Waals surface area contributed by atoms with Crippen molar-refractivity contribution in [2.45, 2.75) is 46.0 Å². The van der Waals surface area contributed by atoms with E-state index in [2.05, 4.69) is 13.8 Å². The predicted octanol–water partition coefficient (Wildman–Crippen LogP) is 3.24. The van der Waals surface area contributed by atoms with Crippen LogP contribution in [0, 0.1) is 17.3 Å². The van der Waals surface area contributed by atoms with Crippen molar-refractivity contribution in [2.24, 2.45) is 17.3 Å². The molecule has 1 nitrogen and oxygen atoms in total. The molecule has 2 fully saturated rings. The van der Waals surface area contributed by atoms with Crippen LogP contribution in [-0.2, 0) is 4.74 Å². The molecule has 3 atom stereocenters. The van der Waals surface area contributed by atoms with Gasteiger partial charge >= 0.3 is 0 Å². The summed E-state index contributed by atoms with van der Waals surface area (Å²) in [5, 5.41) is 0. The Morgan fingerprint density at radius 1 is 1.31 bits per heavy atom. The summed E-state index contributed by atoms with van der Waals surface area (Å²) in [6.07, 6.45) is 6.98. The molecular formula is C12H22O. The lowest BCUT2D eigenvalue weighted by molar-refractivity contribution is 0.122. The first-order valence-electron chi connectivity index (χ1n) is 5.88. The molecule has 1 saturated carbocycles. The van der Waals surface area contributed by atoms with Crippen molar-refractivity contribution in [1.82, 2.24) is 0 Å². The summed E-state index contributed by atoms with van der Waals surface area (Å²) in [6, 6.07) is 0. The number of ether oxygens (including phenoxy) is 1. The Balaban J connectivity index is 2.08. The van der Waals surface area contributed by atoms with Gasteiger partial charge in [0, 0.05) is 6.61 Å². The molecule has 0 N–H and O–H groups in total. The third-order valence-electron chi connectivity index (χ3n) is 4.38. The first-order chi connectivity index (χ1) is 6.30. The smallest absolute Gasteiger partial charge is 0.0526 e. The monoisotopic (exact) mass is 182 g/mol. The van der Waals surface area contributed by atoms with Gasteiger partial charge in [-0.05, 0) is 36.5 Å². The Morgan fingerprint density at radius 3 is 2.69 bits per heavy atom. The van der Waals surface area contributed by atoms with Gasteiger partial charge in [-0.3, -0.25) is 0 Å². The van der Waals surface area contributed by atoms with Crippen LogP contribution in [0.5, 0.6) is 0 Å². The van der Waals surface area contributed by atoms with Crippen LogP contribution in [0.15, 0.2) is 0 Å². The molecule has 0 bridgehead atoms. The van der Waals surface area contributed by atoms with E-state index in [1.807, 2.05) is 0 Å². The van der Waals surface area contributed by atoms with Crippen LogP contribution in [0.4, 0.5) is 0 Å². The molecule has 0 aromatic carbocycles. The first kappa shape index (κ1) is 9.51. The maximum atomic E-state index is 5.61. The maximum Gasteiger partial charge on any atom is 0.0526 e. The molecular weight excluding hydrogens is 160 g/mol. The SMILES string of the molecule is CCC1CC(CC)C2(CCOC2)C1. The van der Waals surface area contributed by atoms with Crippen molar-refractivity contribution in [2.75, 3.05) is 13.2 Å². The molecule has 2 rings (SSSR count). The minimum Gasteiger partial charge on any atom is -0.381 e. The largest absolute Gasteiger partial charge is 0.381 e. The van der Waals surface area contributed by atoms with Crippen molar-refractivity contribution in [3.8, 4) is 0 Å². The lowest BCUT2D eigenvalue weighted by atomic mass is 9.76. The third kappa shape index (κ3) is 1.52. The van der Waals surface area contributed by atoms with Gasteiger partial charge in [-0.25, -0.2) is 0 Å². The first-order valence-corrected chi connectivity index (χ1v) is 5.88. The molecule has 1 heterocycles. The standard InChI is InChI=1S/C12H22O/c1-3-10-7-11(4-2)12(8-10)5-6-13-9-12/h10-11H,3-9H2,1-2H3. The van der Waals surface area contributed by atoms with E-state index in [9.17, 15) is 0 Å². The van der Waals surface area contributed by atoms with Crippen molar-refractivity contribution in [3.63, 3.8) is 0 Å². The van der Waals surface area contributed by atoms with Crippen LogP contribution >= 0.6 is 0 Å². The molecule has 0 radical (unpaired) electrons. The fourth-order valence-corrected chi connectivity index (χ4v) is 3.49. The number of rotatable bonds is 2. The van der Waals surface area contributed by atoms with Crippen molar-refractivity contribution >= 4 is 0 Å². The van der Waals surface area contributed by atoms with Crippen molar-refractivity contribution < 1.29 is 4.74 Å². The summed E-state index contributed by atoms with van der Waals surface area (Å²) in [5.74, 6) is 1.95. The highest BCUT2D eigenvalue weighted by molar-refractivity contribution is 4.96. The van der Waals surface area contributed by atoms with E-state index < -0.39 is 0 Å². The minimum absolute atomic E-state index is 0.607. The molecule has 3 unspecified atom stereocenters. The predicted molar refractivity (Wildman–Crippen MR) is 54.7 cm³/mol. The van der Waals surface area contributed by atoms with Crippen molar-refractivity contribution in [1.29, 1.82) is 0 Å². The van der Waals surface area contributed by atoms with E-state index in [0.29, 0.717) is 5.41 Å². The topological polar surface area (TPSA) is 9.23 Å². The van der Waals surface area contributed by atoms with Gasteiger partial charge in [0.05, 0.1) is 6.61 Å². The minimum atomic E-state index is 0.607. The summed E-state index contributed by atoms with van der Waals surface area (Å²) in [7, 11) is 0. The average molecular weight is 182 g/mol. The van der Waals surface area contributed by atoms with E-state index in [0.717, 1.165) is 25.0 Å². The second kappa shape index (κ2) is 3.61. The van der Waals surface area contributed by atoms with Crippen LogP contribution in [0.2, 0.25) is 0 Å². The number of hydrogen-bond acceptors (Lipinski definition) is 1. The van der Waals surface area contributed by atoms with Crippen LogP contribution in [0.3, 0.4) is 0 Å². The molecule has 1 spiro atoms. The zero-order chi connectivity index (χ0) is 9.31. The second-order valence-corrected chi connectivity index (χ2v) is 4.98. The van der Waals surface area contributed by atoms with E-state index >= 15 is 0 Å². The van der Waals surface area contributed by atoms with E-state index in [1.54, 1.807) is 0 Å².